The Balaban J connectivity index is 0.945. The van der Waals surface area contributed by atoms with Crippen LogP contribution < -0.4 is 25.6 Å². The summed E-state index contributed by atoms with van der Waals surface area (Å²) in [5, 5.41) is 9.33. The molecule has 3 fully saturated rings. The number of nitrogens with one attached hydrogen (secondary N) is 3. The number of aromatic nitrogens is 1. The van der Waals surface area contributed by atoms with Crippen molar-refractivity contribution in [1.82, 2.24) is 25.8 Å². The van der Waals surface area contributed by atoms with Crippen LogP contribution in [-0.4, -0.2) is 91.2 Å². The zero-order chi connectivity index (χ0) is 35.3. The molecule has 50 heavy (non-hydrogen) atoms. The van der Waals surface area contributed by atoms with Crippen molar-refractivity contribution in [1.29, 1.82) is 0 Å². The topological polar surface area (TPSA) is 125 Å². The van der Waals surface area contributed by atoms with E-state index in [0.717, 1.165) is 60.0 Å². The van der Waals surface area contributed by atoms with Gasteiger partial charge in [-0.05, 0) is 60.6 Å². The minimum atomic E-state index is -0.795. The van der Waals surface area contributed by atoms with Gasteiger partial charge in [0.15, 0.2) is 0 Å². The Bertz CT molecular complexity index is 1610. The third kappa shape index (κ3) is 8.83. The van der Waals surface area contributed by atoms with Crippen molar-refractivity contribution in [2.24, 2.45) is 5.41 Å². The summed E-state index contributed by atoms with van der Waals surface area (Å²) in [5.74, 6) is 0.0657. The number of benzene rings is 2. The molecular formula is C38H50N6O5S. The Morgan fingerprint density at radius 2 is 1.72 bits per heavy atom. The van der Waals surface area contributed by atoms with E-state index in [4.69, 9.17) is 9.47 Å². The Morgan fingerprint density at radius 1 is 1.00 bits per heavy atom. The quantitative estimate of drug-likeness (QED) is 0.256. The highest BCUT2D eigenvalue weighted by atomic mass is 32.1. The van der Waals surface area contributed by atoms with Gasteiger partial charge in [0, 0.05) is 57.8 Å². The van der Waals surface area contributed by atoms with Crippen LogP contribution in [0, 0.1) is 12.3 Å². The molecule has 3 N–H and O–H groups in total. The summed E-state index contributed by atoms with van der Waals surface area (Å²) in [6.07, 6.45) is 2.69. The summed E-state index contributed by atoms with van der Waals surface area (Å²) in [4.78, 5) is 49.7. The van der Waals surface area contributed by atoms with Crippen molar-refractivity contribution in [3.05, 3.63) is 65.3 Å². The Hall–Kier alpha value is -4.00. The number of rotatable bonds is 12. The minimum absolute atomic E-state index is 0.0441. The number of piperazine rings is 1. The van der Waals surface area contributed by atoms with Gasteiger partial charge in [-0.2, -0.15) is 0 Å². The molecule has 0 bridgehead atoms. The van der Waals surface area contributed by atoms with Crippen LogP contribution in [0.2, 0.25) is 0 Å². The molecule has 2 saturated heterocycles. The van der Waals surface area contributed by atoms with E-state index in [2.05, 4.69) is 38.0 Å². The van der Waals surface area contributed by atoms with Crippen molar-refractivity contribution in [2.45, 2.75) is 84.2 Å². The molecule has 2 aromatic carbocycles. The summed E-state index contributed by atoms with van der Waals surface area (Å²) in [6, 6.07) is 15.0. The lowest BCUT2D eigenvalue weighted by molar-refractivity contribution is -0.145. The monoisotopic (exact) mass is 702 g/mol. The molecule has 2 aliphatic heterocycles. The van der Waals surface area contributed by atoms with Crippen LogP contribution >= 0.6 is 11.3 Å². The number of carbonyl (C=O) groups is 3. The molecule has 0 unspecified atom stereocenters. The van der Waals surface area contributed by atoms with Crippen LogP contribution in [0.4, 0.5) is 5.69 Å². The molecule has 3 aromatic rings. The van der Waals surface area contributed by atoms with E-state index in [-0.39, 0.29) is 36.5 Å². The molecule has 1 aromatic heterocycles. The van der Waals surface area contributed by atoms with Gasteiger partial charge in [0.05, 0.1) is 22.2 Å². The number of nitrogens with zero attached hydrogens (tertiary/aromatic N) is 3. The highest BCUT2D eigenvalue weighted by molar-refractivity contribution is 7.13. The molecular weight excluding hydrogens is 653 g/mol. The first-order valence-electron chi connectivity index (χ1n) is 17.8. The lowest BCUT2D eigenvalue weighted by Gasteiger charge is -2.36. The molecule has 11 nitrogen and oxygen atoms in total. The second-order valence-corrected chi connectivity index (χ2v) is 15.5. The molecule has 3 aliphatic rings. The van der Waals surface area contributed by atoms with Gasteiger partial charge in [-0.15, -0.1) is 11.3 Å². The molecule has 6 rings (SSSR count). The highest BCUT2D eigenvalue weighted by Crippen LogP contribution is 2.31. The molecule has 1 saturated carbocycles. The van der Waals surface area contributed by atoms with Crippen molar-refractivity contribution in [3.63, 3.8) is 0 Å². The van der Waals surface area contributed by atoms with Crippen LogP contribution in [0.1, 0.15) is 57.7 Å². The van der Waals surface area contributed by atoms with Crippen molar-refractivity contribution in [2.75, 3.05) is 44.2 Å². The normalized spacial score (nSPS) is 21.3. The number of hydrogen-bond acceptors (Lipinski definition) is 9. The number of amides is 3. The summed E-state index contributed by atoms with van der Waals surface area (Å²) < 4.78 is 12.0. The lowest BCUT2D eigenvalue weighted by Crippen LogP contribution is -2.58. The smallest absolute Gasteiger partial charge is 0.246 e. The van der Waals surface area contributed by atoms with Crippen LogP contribution in [0.3, 0.4) is 0 Å². The number of anilines is 1. The number of likely N-dealkylation sites (tertiary alicyclic amines) is 1. The molecule has 3 heterocycles. The van der Waals surface area contributed by atoms with E-state index < -0.39 is 17.5 Å². The van der Waals surface area contributed by atoms with Gasteiger partial charge in [-0.25, -0.2) is 4.98 Å². The highest BCUT2D eigenvalue weighted by Gasteiger charge is 2.42. The number of carbonyl (C=O) groups excluding carboxylic acids is 3. The summed E-state index contributed by atoms with van der Waals surface area (Å²) in [7, 11) is 0. The SMILES string of the molecule is Cc1ncsc1-c1ccc(CNC(=O)[C@@H]2CCCN2C(=O)[C@@H](NC(=O)COC2CC(Oc3ccc(N4CCNCC4)cc3)C2)C(C)(C)C)cc1. The van der Waals surface area contributed by atoms with Crippen molar-refractivity contribution in [3.8, 4) is 16.2 Å². The Kier molecular flexibility index (Phi) is 11.4. The van der Waals surface area contributed by atoms with Crippen molar-refractivity contribution >= 4 is 34.7 Å². The van der Waals surface area contributed by atoms with Gasteiger partial charge in [-0.1, -0.05) is 45.0 Å². The zero-order valence-corrected chi connectivity index (χ0v) is 30.4. The maximum atomic E-state index is 13.9. The molecule has 3 amide bonds. The van der Waals surface area contributed by atoms with Crippen LogP contribution in [-0.2, 0) is 25.7 Å². The second kappa shape index (κ2) is 15.9. The largest absolute Gasteiger partial charge is 0.490 e. The average molecular weight is 703 g/mol. The fourth-order valence-corrected chi connectivity index (χ4v) is 7.59. The summed E-state index contributed by atoms with van der Waals surface area (Å²) in [5.41, 5.74) is 5.55. The average Bonchev–Trinajstić information content (AvgIpc) is 3.77. The number of ether oxygens (including phenoxy) is 2. The van der Waals surface area contributed by atoms with E-state index in [9.17, 15) is 14.4 Å². The maximum Gasteiger partial charge on any atom is 0.246 e. The van der Waals surface area contributed by atoms with Gasteiger partial charge >= 0.3 is 0 Å². The zero-order valence-electron chi connectivity index (χ0n) is 29.6. The molecule has 12 heteroatoms. The van der Waals surface area contributed by atoms with Gasteiger partial charge in [0.1, 0.15) is 30.5 Å². The predicted octanol–water partition coefficient (Wildman–Crippen LogP) is 4.29. The van der Waals surface area contributed by atoms with E-state index in [1.807, 2.05) is 69.6 Å². The van der Waals surface area contributed by atoms with Crippen LogP contribution in [0.5, 0.6) is 5.75 Å². The fourth-order valence-electron chi connectivity index (χ4n) is 6.77. The fraction of sp³-hybridized carbons (Fsp3) is 0.526. The molecule has 1 aliphatic carbocycles. The van der Waals surface area contributed by atoms with Crippen LogP contribution in [0.25, 0.3) is 10.4 Å². The lowest BCUT2D eigenvalue weighted by atomic mass is 9.85. The van der Waals surface area contributed by atoms with Gasteiger partial charge < -0.3 is 35.2 Å². The first-order valence-corrected chi connectivity index (χ1v) is 18.6. The molecule has 268 valence electrons. The second-order valence-electron chi connectivity index (χ2n) is 14.6. The maximum absolute atomic E-state index is 13.9. The number of hydrogen-bond donors (Lipinski definition) is 3. The predicted molar refractivity (Wildman–Crippen MR) is 195 cm³/mol. The standard InChI is InChI=1S/C38H50N6O5S/c1-25-34(50-24-41-25)27-9-7-26(8-10-27)22-40-36(46)32-6-5-17-44(32)37(47)35(38(2,3)4)42-33(45)23-48-30-20-31(21-30)49-29-13-11-28(12-14-29)43-18-15-39-16-19-43/h7-14,24,30-32,35,39H,5-6,15-23H2,1-4H3,(H,40,46)(H,42,45)/t30?,31?,32-,35+/m0/s1. The van der Waals surface area contributed by atoms with E-state index >= 15 is 0 Å². The van der Waals surface area contributed by atoms with E-state index in [0.29, 0.717) is 32.4 Å². The third-order valence-corrected chi connectivity index (χ3v) is 10.8. The first-order chi connectivity index (χ1) is 24.0. The third-order valence-electron chi connectivity index (χ3n) is 9.81. The van der Waals surface area contributed by atoms with Crippen LogP contribution in [0.15, 0.2) is 54.0 Å². The van der Waals surface area contributed by atoms with E-state index in [1.165, 1.54) is 5.69 Å². The molecule has 2 atom stereocenters. The first kappa shape index (κ1) is 35.8. The molecule has 0 spiro atoms. The van der Waals surface area contributed by atoms with Crippen molar-refractivity contribution < 1.29 is 23.9 Å². The minimum Gasteiger partial charge on any atom is -0.490 e. The van der Waals surface area contributed by atoms with Gasteiger partial charge in [0.25, 0.3) is 0 Å². The molecule has 0 radical (unpaired) electrons. The van der Waals surface area contributed by atoms with E-state index in [1.54, 1.807) is 16.2 Å². The number of aryl methyl sites for hydroxylation is 1. The number of thiazole rings is 1. The summed E-state index contributed by atoms with van der Waals surface area (Å²) in [6.45, 7) is 12.5. The van der Waals surface area contributed by atoms with Gasteiger partial charge in [0.2, 0.25) is 17.7 Å². The Morgan fingerprint density at radius 3 is 2.38 bits per heavy atom. The van der Waals surface area contributed by atoms with Gasteiger partial charge in [-0.3, -0.25) is 14.4 Å². The Labute approximate surface area is 299 Å². The summed E-state index contributed by atoms with van der Waals surface area (Å²) >= 11 is 1.61.